The van der Waals surface area contributed by atoms with Gasteiger partial charge in [0.15, 0.2) is 0 Å². The van der Waals surface area contributed by atoms with Crippen molar-refractivity contribution in [3.05, 3.63) is 129 Å². The molecule has 4 rings (SSSR count). The summed E-state index contributed by atoms with van der Waals surface area (Å²) < 4.78 is 29.1. The fourth-order valence-corrected chi connectivity index (χ4v) is 6.86. The first kappa shape index (κ1) is 34.3. The Morgan fingerprint density at radius 1 is 0.822 bits per heavy atom. The molecule has 0 heterocycles. The highest BCUT2D eigenvalue weighted by Gasteiger charge is 2.35. The van der Waals surface area contributed by atoms with Crippen molar-refractivity contribution >= 4 is 62.3 Å². The van der Waals surface area contributed by atoms with E-state index in [2.05, 4.69) is 5.32 Å². The van der Waals surface area contributed by atoms with Crippen molar-refractivity contribution in [3.8, 4) is 0 Å². The fraction of sp³-hybridized carbons (Fsp3) is 0.235. The third-order valence-electron chi connectivity index (χ3n) is 7.37. The van der Waals surface area contributed by atoms with Gasteiger partial charge in [0.2, 0.25) is 11.8 Å². The SMILES string of the molecule is CC[C@H](C)NC(=O)[C@H](Cc1ccccc1)N(Cc1c(Cl)cccc1Cl)C(=O)CN(c1cccc(Cl)c1)S(=O)(=O)c1ccccc1. The Hall–Kier alpha value is -3.56. The molecule has 11 heteroatoms. The van der Waals surface area contributed by atoms with E-state index >= 15 is 0 Å². The fourth-order valence-electron chi connectivity index (χ4n) is 4.73. The summed E-state index contributed by atoms with van der Waals surface area (Å²) in [5, 5.41) is 3.91. The molecule has 0 unspecified atom stereocenters. The lowest BCUT2D eigenvalue weighted by molar-refractivity contribution is -0.140. The van der Waals surface area contributed by atoms with Gasteiger partial charge in [-0.15, -0.1) is 0 Å². The smallest absolute Gasteiger partial charge is 0.264 e. The number of halogens is 3. The zero-order chi connectivity index (χ0) is 32.6. The first-order valence-electron chi connectivity index (χ1n) is 14.4. The molecule has 0 spiro atoms. The molecule has 236 valence electrons. The maximum Gasteiger partial charge on any atom is 0.264 e. The summed E-state index contributed by atoms with van der Waals surface area (Å²) in [6.07, 6.45) is 0.839. The number of hydrogen-bond donors (Lipinski definition) is 1. The lowest BCUT2D eigenvalue weighted by atomic mass is 10.0. The monoisotopic (exact) mass is 685 g/mol. The summed E-state index contributed by atoms with van der Waals surface area (Å²) >= 11 is 19.4. The average molecular weight is 687 g/mol. The van der Waals surface area contributed by atoms with Crippen LogP contribution in [0.15, 0.2) is 108 Å². The highest BCUT2D eigenvalue weighted by Crippen LogP contribution is 2.30. The summed E-state index contributed by atoms with van der Waals surface area (Å²) in [6, 6.07) is 27.2. The molecule has 0 aliphatic rings. The zero-order valence-electron chi connectivity index (χ0n) is 24.9. The van der Waals surface area contributed by atoms with Crippen LogP contribution in [0.4, 0.5) is 5.69 Å². The minimum atomic E-state index is -4.24. The second kappa shape index (κ2) is 15.6. The molecule has 4 aromatic carbocycles. The molecule has 7 nitrogen and oxygen atoms in total. The standard InChI is InChI=1S/C34H34Cl3N3O4S/c1-3-24(2)38-34(42)32(20-25-12-6-4-7-13-25)39(22-29-30(36)18-11-19-31(29)37)33(41)23-40(27-15-10-14-26(35)21-27)45(43,44)28-16-8-5-9-17-28/h4-19,21,24,32H,3,20,22-23H2,1-2H3,(H,38,42)/t24-,32-/m0/s1. The lowest BCUT2D eigenvalue weighted by Gasteiger charge is -2.34. The Bertz CT molecular complexity index is 1700. The number of benzene rings is 4. The van der Waals surface area contributed by atoms with Crippen LogP contribution in [0.3, 0.4) is 0 Å². The number of carbonyl (C=O) groups excluding carboxylic acids is 2. The zero-order valence-corrected chi connectivity index (χ0v) is 28.0. The number of carbonyl (C=O) groups is 2. The molecule has 2 amide bonds. The number of sulfonamides is 1. The van der Waals surface area contributed by atoms with E-state index in [1.807, 2.05) is 44.2 Å². The number of amides is 2. The van der Waals surface area contributed by atoms with Gasteiger partial charge in [0.1, 0.15) is 12.6 Å². The van der Waals surface area contributed by atoms with Crippen LogP contribution in [0.2, 0.25) is 15.1 Å². The third kappa shape index (κ3) is 8.79. The predicted octanol–water partition coefficient (Wildman–Crippen LogP) is 7.40. The lowest BCUT2D eigenvalue weighted by Crippen LogP contribution is -2.54. The Kier molecular flexibility index (Phi) is 11.9. The van der Waals surface area contributed by atoms with Gasteiger partial charge in [0, 0.05) is 39.6 Å². The van der Waals surface area contributed by atoms with Crippen molar-refractivity contribution in [3.63, 3.8) is 0 Å². The predicted molar refractivity (Wildman–Crippen MR) is 181 cm³/mol. The van der Waals surface area contributed by atoms with E-state index in [0.717, 1.165) is 9.87 Å². The molecular weight excluding hydrogens is 653 g/mol. The number of rotatable bonds is 13. The van der Waals surface area contributed by atoms with Crippen LogP contribution in [0.1, 0.15) is 31.4 Å². The van der Waals surface area contributed by atoms with E-state index in [0.29, 0.717) is 27.1 Å². The van der Waals surface area contributed by atoms with Crippen molar-refractivity contribution in [2.75, 3.05) is 10.8 Å². The van der Waals surface area contributed by atoms with Gasteiger partial charge in [-0.2, -0.15) is 0 Å². The van der Waals surface area contributed by atoms with Crippen LogP contribution < -0.4 is 9.62 Å². The van der Waals surface area contributed by atoms with Crippen molar-refractivity contribution in [1.29, 1.82) is 0 Å². The maximum absolute atomic E-state index is 14.5. The number of hydrogen-bond acceptors (Lipinski definition) is 4. The first-order chi connectivity index (χ1) is 21.5. The van der Waals surface area contributed by atoms with E-state index in [4.69, 9.17) is 34.8 Å². The molecule has 0 aliphatic carbocycles. The number of nitrogens with zero attached hydrogens (tertiary/aromatic N) is 2. The molecule has 0 saturated heterocycles. The third-order valence-corrected chi connectivity index (χ3v) is 10.1. The quantitative estimate of drug-likeness (QED) is 0.159. The number of nitrogens with one attached hydrogen (secondary N) is 1. The van der Waals surface area contributed by atoms with Crippen LogP contribution >= 0.6 is 34.8 Å². The average Bonchev–Trinajstić information content (AvgIpc) is 3.03. The maximum atomic E-state index is 14.5. The second-order valence-electron chi connectivity index (χ2n) is 10.5. The molecule has 0 bridgehead atoms. The highest BCUT2D eigenvalue weighted by atomic mass is 35.5. The van der Waals surface area contributed by atoms with E-state index < -0.39 is 28.5 Å². The minimum absolute atomic E-state index is 0.00572. The van der Waals surface area contributed by atoms with Crippen LogP contribution in [-0.2, 0) is 32.6 Å². The molecule has 0 fully saturated rings. The van der Waals surface area contributed by atoms with E-state index in [-0.39, 0.29) is 35.5 Å². The van der Waals surface area contributed by atoms with Gasteiger partial charge in [0.05, 0.1) is 10.6 Å². The molecule has 45 heavy (non-hydrogen) atoms. The topological polar surface area (TPSA) is 86.8 Å². The molecule has 4 aromatic rings. The van der Waals surface area contributed by atoms with Crippen LogP contribution in [0, 0.1) is 0 Å². The largest absolute Gasteiger partial charge is 0.352 e. The summed E-state index contributed by atoms with van der Waals surface area (Å²) in [6.45, 7) is 3.06. The van der Waals surface area contributed by atoms with E-state index in [1.165, 1.54) is 23.1 Å². The Labute approximate surface area is 279 Å². The van der Waals surface area contributed by atoms with Crippen LogP contribution in [0.25, 0.3) is 0 Å². The van der Waals surface area contributed by atoms with Crippen LogP contribution in [0.5, 0.6) is 0 Å². The van der Waals surface area contributed by atoms with Gasteiger partial charge >= 0.3 is 0 Å². The van der Waals surface area contributed by atoms with Gasteiger partial charge in [-0.25, -0.2) is 8.42 Å². The normalized spacial score (nSPS) is 12.6. The summed E-state index contributed by atoms with van der Waals surface area (Å²) in [5.74, 6) is -1.02. The summed E-state index contributed by atoms with van der Waals surface area (Å²) in [5.41, 5.74) is 1.44. The highest BCUT2D eigenvalue weighted by molar-refractivity contribution is 7.92. The van der Waals surface area contributed by atoms with Gasteiger partial charge in [-0.05, 0) is 61.4 Å². The Morgan fingerprint density at radius 2 is 1.42 bits per heavy atom. The van der Waals surface area contributed by atoms with E-state index in [9.17, 15) is 18.0 Å². The van der Waals surface area contributed by atoms with E-state index in [1.54, 1.807) is 54.6 Å². The second-order valence-corrected chi connectivity index (χ2v) is 13.7. The molecule has 0 saturated carbocycles. The molecular formula is C34H34Cl3N3O4S. The Balaban J connectivity index is 1.84. The van der Waals surface area contributed by atoms with Crippen molar-refractivity contribution in [2.24, 2.45) is 0 Å². The number of anilines is 1. The van der Waals surface area contributed by atoms with Crippen molar-refractivity contribution in [1.82, 2.24) is 10.2 Å². The van der Waals surface area contributed by atoms with Gasteiger partial charge < -0.3 is 10.2 Å². The van der Waals surface area contributed by atoms with Crippen molar-refractivity contribution in [2.45, 2.75) is 50.2 Å². The minimum Gasteiger partial charge on any atom is -0.352 e. The summed E-state index contributed by atoms with van der Waals surface area (Å²) in [4.78, 5) is 29.8. The first-order valence-corrected chi connectivity index (χ1v) is 17.0. The molecule has 1 N–H and O–H groups in total. The van der Waals surface area contributed by atoms with Gasteiger partial charge in [0.25, 0.3) is 10.0 Å². The van der Waals surface area contributed by atoms with Crippen LogP contribution in [-0.4, -0.2) is 43.8 Å². The molecule has 0 radical (unpaired) electrons. The molecule has 2 atom stereocenters. The Morgan fingerprint density at radius 3 is 2.02 bits per heavy atom. The summed E-state index contributed by atoms with van der Waals surface area (Å²) in [7, 11) is -4.24. The van der Waals surface area contributed by atoms with Gasteiger partial charge in [-0.1, -0.05) is 102 Å². The molecule has 0 aromatic heterocycles. The van der Waals surface area contributed by atoms with Crippen molar-refractivity contribution < 1.29 is 18.0 Å². The molecule has 0 aliphatic heterocycles. The van der Waals surface area contributed by atoms with Gasteiger partial charge in [-0.3, -0.25) is 13.9 Å².